The van der Waals surface area contributed by atoms with E-state index in [1.165, 1.54) is 11.3 Å². The van der Waals surface area contributed by atoms with Crippen LogP contribution in [0, 0.1) is 0 Å². The minimum absolute atomic E-state index is 0.0959. The summed E-state index contributed by atoms with van der Waals surface area (Å²) in [7, 11) is 0. The fourth-order valence-corrected chi connectivity index (χ4v) is 3.28. The van der Waals surface area contributed by atoms with E-state index in [4.69, 9.17) is 11.6 Å². The molecule has 1 heterocycles. The van der Waals surface area contributed by atoms with Gasteiger partial charge in [-0.25, -0.2) is 4.98 Å². The lowest BCUT2D eigenvalue weighted by Gasteiger charge is -2.01. The van der Waals surface area contributed by atoms with Crippen LogP contribution in [-0.4, -0.2) is 10.8 Å². The molecule has 2 aromatic rings. The largest absolute Gasteiger partial charge is 0.294 e. The molecule has 0 unspecified atom stereocenters. The van der Waals surface area contributed by atoms with Crippen LogP contribution >= 0.6 is 22.9 Å². The maximum absolute atomic E-state index is 11.6. The van der Waals surface area contributed by atoms with Gasteiger partial charge in [-0.2, -0.15) is 0 Å². The molecule has 0 atom stereocenters. The molecule has 0 fully saturated rings. The monoisotopic (exact) mass is 293 g/mol. The first kappa shape index (κ1) is 14.2. The molecule has 100 valence electrons. The van der Waals surface area contributed by atoms with E-state index in [1.54, 1.807) is 6.92 Å². The maximum Gasteiger partial charge on any atom is 0.171 e. The Balaban J connectivity index is 2.31. The first-order chi connectivity index (χ1) is 8.97. The van der Waals surface area contributed by atoms with Crippen molar-refractivity contribution in [3.05, 3.63) is 50.4 Å². The quantitative estimate of drug-likeness (QED) is 0.764. The Hall–Kier alpha value is -1.19. The van der Waals surface area contributed by atoms with Gasteiger partial charge in [0.05, 0.1) is 15.6 Å². The number of halogens is 1. The van der Waals surface area contributed by atoms with Gasteiger partial charge in [0.15, 0.2) is 5.78 Å². The molecule has 0 N–H and O–H groups in total. The van der Waals surface area contributed by atoms with Gasteiger partial charge in [-0.05, 0) is 23.6 Å². The molecule has 0 saturated heterocycles. The molecule has 0 bridgehead atoms. The van der Waals surface area contributed by atoms with Gasteiger partial charge >= 0.3 is 0 Å². The zero-order chi connectivity index (χ0) is 14.0. The minimum atomic E-state index is 0.0959. The Morgan fingerprint density at radius 3 is 2.68 bits per heavy atom. The minimum Gasteiger partial charge on any atom is -0.294 e. The van der Waals surface area contributed by atoms with Crippen molar-refractivity contribution in [2.75, 3.05) is 0 Å². The average Bonchev–Trinajstić information content (AvgIpc) is 2.73. The third-order valence-corrected chi connectivity index (χ3v) is 4.22. The molecular formula is C15H16ClNOS. The summed E-state index contributed by atoms with van der Waals surface area (Å²) in [5.74, 6) is 0.363. The number of hydrogen-bond acceptors (Lipinski definition) is 3. The van der Waals surface area contributed by atoms with Gasteiger partial charge in [-0.1, -0.05) is 37.6 Å². The highest BCUT2D eigenvalue weighted by Crippen LogP contribution is 2.27. The van der Waals surface area contributed by atoms with E-state index >= 15 is 0 Å². The Labute approximate surface area is 122 Å². The summed E-state index contributed by atoms with van der Waals surface area (Å²) in [6, 6.07) is 7.75. The number of aromatic nitrogens is 1. The highest BCUT2D eigenvalue weighted by Gasteiger charge is 2.17. The van der Waals surface area contributed by atoms with Crippen LogP contribution in [0.25, 0.3) is 0 Å². The SMILES string of the molecule is CC(=O)c1sc(Cc2cccc(Cl)c2)nc1C(C)C. The van der Waals surface area contributed by atoms with Gasteiger partial charge in [0, 0.05) is 18.4 Å². The molecule has 2 nitrogen and oxygen atoms in total. The summed E-state index contributed by atoms with van der Waals surface area (Å²) in [5, 5.41) is 1.70. The van der Waals surface area contributed by atoms with E-state index < -0.39 is 0 Å². The first-order valence-corrected chi connectivity index (χ1v) is 7.41. The summed E-state index contributed by atoms with van der Waals surface area (Å²) in [6.45, 7) is 5.72. The zero-order valence-electron chi connectivity index (χ0n) is 11.2. The summed E-state index contributed by atoms with van der Waals surface area (Å²) in [4.78, 5) is 17.0. The van der Waals surface area contributed by atoms with Crippen molar-refractivity contribution in [2.45, 2.75) is 33.1 Å². The molecular weight excluding hydrogens is 278 g/mol. The lowest BCUT2D eigenvalue weighted by atomic mass is 10.1. The Morgan fingerprint density at radius 2 is 2.16 bits per heavy atom. The lowest BCUT2D eigenvalue weighted by molar-refractivity contribution is 0.102. The van der Waals surface area contributed by atoms with Crippen LogP contribution in [0.4, 0.5) is 0 Å². The van der Waals surface area contributed by atoms with E-state index in [2.05, 4.69) is 18.8 Å². The molecule has 0 radical (unpaired) electrons. The van der Waals surface area contributed by atoms with Gasteiger partial charge in [-0.15, -0.1) is 11.3 Å². The summed E-state index contributed by atoms with van der Waals surface area (Å²) in [5.41, 5.74) is 2.03. The second kappa shape index (κ2) is 5.85. The molecule has 0 aliphatic heterocycles. The predicted octanol–water partition coefficient (Wildman–Crippen LogP) is 4.71. The van der Waals surface area contributed by atoms with Crippen LogP contribution in [0.15, 0.2) is 24.3 Å². The standard InChI is InChI=1S/C15H16ClNOS/c1-9(2)14-15(10(3)18)19-13(17-14)8-11-5-4-6-12(16)7-11/h4-7,9H,8H2,1-3H3. The van der Waals surface area contributed by atoms with Crippen molar-refractivity contribution in [3.8, 4) is 0 Å². The topological polar surface area (TPSA) is 30.0 Å². The third kappa shape index (κ3) is 3.43. The number of rotatable bonds is 4. The zero-order valence-corrected chi connectivity index (χ0v) is 12.8. The van der Waals surface area contributed by atoms with Gasteiger partial charge in [0.25, 0.3) is 0 Å². The van der Waals surface area contributed by atoms with E-state index in [0.717, 1.165) is 32.6 Å². The van der Waals surface area contributed by atoms with Crippen LogP contribution < -0.4 is 0 Å². The smallest absolute Gasteiger partial charge is 0.171 e. The number of carbonyl (C=O) groups excluding carboxylic acids is 1. The molecule has 0 saturated carbocycles. The summed E-state index contributed by atoms with van der Waals surface area (Å²) >= 11 is 7.47. The van der Waals surface area contributed by atoms with Gasteiger partial charge < -0.3 is 0 Å². The van der Waals surface area contributed by atoms with Crippen molar-refractivity contribution in [2.24, 2.45) is 0 Å². The average molecular weight is 294 g/mol. The number of Topliss-reactive ketones (excluding diaryl/α,β-unsaturated/α-hetero) is 1. The number of carbonyl (C=O) groups is 1. The molecule has 0 spiro atoms. The number of nitrogens with zero attached hydrogens (tertiary/aromatic N) is 1. The van der Waals surface area contributed by atoms with Crippen LogP contribution in [0.3, 0.4) is 0 Å². The third-order valence-electron chi connectivity index (χ3n) is 2.81. The van der Waals surface area contributed by atoms with Gasteiger partial charge in [-0.3, -0.25) is 4.79 Å². The molecule has 2 rings (SSSR count). The number of hydrogen-bond donors (Lipinski definition) is 0. The maximum atomic E-state index is 11.6. The van der Waals surface area contributed by atoms with E-state index in [-0.39, 0.29) is 11.7 Å². The first-order valence-electron chi connectivity index (χ1n) is 6.22. The van der Waals surface area contributed by atoms with Crippen molar-refractivity contribution < 1.29 is 4.79 Å². The number of ketones is 1. The lowest BCUT2D eigenvalue weighted by Crippen LogP contribution is -1.97. The Morgan fingerprint density at radius 1 is 1.42 bits per heavy atom. The predicted molar refractivity (Wildman–Crippen MR) is 80.5 cm³/mol. The highest BCUT2D eigenvalue weighted by molar-refractivity contribution is 7.13. The molecule has 1 aromatic heterocycles. The normalized spacial score (nSPS) is 11.0. The van der Waals surface area contributed by atoms with Crippen LogP contribution in [0.1, 0.15) is 52.6 Å². The number of benzene rings is 1. The van der Waals surface area contributed by atoms with Crippen molar-refractivity contribution in [1.82, 2.24) is 4.98 Å². The van der Waals surface area contributed by atoms with E-state index in [9.17, 15) is 4.79 Å². The molecule has 0 aliphatic rings. The fourth-order valence-electron chi connectivity index (χ4n) is 1.92. The van der Waals surface area contributed by atoms with Gasteiger partial charge in [0.1, 0.15) is 0 Å². The molecule has 0 aliphatic carbocycles. The molecule has 0 amide bonds. The van der Waals surface area contributed by atoms with Gasteiger partial charge in [0.2, 0.25) is 0 Å². The molecule has 1 aromatic carbocycles. The Bertz CT molecular complexity index is 604. The summed E-state index contributed by atoms with van der Waals surface area (Å²) in [6.07, 6.45) is 0.720. The van der Waals surface area contributed by atoms with Crippen LogP contribution in [-0.2, 0) is 6.42 Å². The summed E-state index contributed by atoms with van der Waals surface area (Å²) < 4.78 is 0. The highest BCUT2D eigenvalue weighted by atomic mass is 35.5. The number of thiazole rings is 1. The van der Waals surface area contributed by atoms with Crippen LogP contribution in [0.2, 0.25) is 5.02 Å². The second-order valence-electron chi connectivity index (χ2n) is 4.84. The van der Waals surface area contributed by atoms with E-state index in [1.807, 2.05) is 24.3 Å². The molecule has 4 heteroatoms. The van der Waals surface area contributed by atoms with Crippen molar-refractivity contribution in [1.29, 1.82) is 0 Å². The van der Waals surface area contributed by atoms with Crippen LogP contribution in [0.5, 0.6) is 0 Å². The fraction of sp³-hybridized carbons (Fsp3) is 0.333. The van der Waals surface area contributed by atoms with Crippen molar-refractivity contribution >= 4 is 28.7 Å². The van der Waals surface area contributed by atoms with Crippen molar-refractivity contribution in [3.63, 3.8) is 0 Å². The molecule has 19 heavy (non-hydrogen) atoms. The Kier molecular flexibility index (Phi) is 4.38. The second-order valence-corrected chi connectivity index (χ2v) is 6.36. The van der Waals surface area contributed by atoms with E-state index in [0.29, 0.717) is 0 Å².